The summed E-state index contributed by atoms with van der Waals surface area (Å²) in [6.07, 6.45) is 5.96. The Morgan fingerprint density at radius 1 is 1.17 bits per heavy atom. The Balaban J connectivity index is 1.53. The zero-order chi connectivity index (χ0) is 16.9. The number of piperidine rings is 1. The van der Waals surface area contributed by atoms with Gasteiger partial charge in [-0.2, -0.15) is 0 Å². The summed E-state index contributed by atoms with van der Waals surface area (Å²) in [5.74, 6) is -0.00189. The molecular formula is C19H26N2O3. The van der Waals surface area contributed by atoms with Crippen LogP contribution < -0.4 is 5.32 Å². The second kappa shape index (κ2) is 7.69. The van der Waals surface area contributed by atoms with Gasteiger partial charge in [-0.3, -0.25) is 4.79 Å². The van der Waals surface area contributed by atoms with Crippen LogP contribution >= 0.6 is 0 Å². The molecule has 1 aliphatic heterocycles. The molecule has 1 saturated heterocycles. The van der Waals surface area contributed by atoms with Crippen LogP contribution in [-0.2, 0) is 17.6 Å². The minimum Gasteiger partial charge on any atom is -0.450 e. The maximum absolute atomic E-state index is 12.5. The van der Waals surface area contributed by atoms with Gasteiger partial charge in [-0.15, -0.1) is 0 Å². The Hall–Kier alpha value is -2.04. The van der Waals surface area contributed by atoms with E-state index in [1.54, 1.807) is 4.90 Å². The molecule has 0 aromatic heterocycles. The molecule has 1 aliphatic carbocycles. The van der Waals surface area contributed by atoms with Crippen LogP contribution in [0.4, 0.5) is 4.79 Å². The molecule has 0 spiro atoms. The zero-order valence-electron chi connectivity index (χ0n) is 14.3. The Labute approximate surface area is 143 Å². The molecule has 1 fully saturated rings. The number of ether oxygens (including phenoxy) is 1. The van der Waals surface area contributed by atoms with Crippen molar-refractivity contribution in [3.05, 3.63) is 34.9 Å². The maximum Gasteiger partial charge on any atom is 0.409 e. The van der Waals surface area contributed by atoms with E-state index in [0.717, 1.165) is 31.2 Å². The first kappa shape index (κ1) is 16.8. The molecule has 130 valence electrons. The van der Waals surface area contributed by atoms with Gasteiger partial charge in [-0.1, -0.05) is 6.07 Å². The smallest absolute Gasteiger partial charge is 0.409 e. The van der Waals surface area contributed by atoms with E-state index >= 15 is 0 Å². The third kappa shape index (κ3) is 3.89. The van der Waals surface area contributed by atoms with Crippen molar-refractivity contribution in [1.82, 2.24) is 10.2 Å². The van der Waals surface area contributed by atoms with Crippen LogP contribution in [0.2, 0.25) is 0 Å². The lowest BCUT2D eigenvalue weighted by Gasteiger charge is -2.31. The second-order valence-electron chi connectivity index (χ2n) is 6.62. The van der Waals surface area contributed by atoms with Crippen molar-refractivity contribution in [3.8, 4) is 0 Å². The summed E-state index contributed by atoms with van der Waals surface area (Å²) in [5, 5.41) is 3.12. The number of fused-ring (bicyclic) bond motifs is 1. The maximum atomic E-state index is 12.5. The fraction of sp³-hybridized carbons (Fsp3) is 0.579. The third-order valence-corrected chi connectivity index (χ3v) is 4.97. The van der Waals surface area contributed by atoms with Gasteiger partial charge in [0.15, 0.2) is 0 Å². The lowest BCUT2D eigenvalue weighted by atomic mass is 9.90. The summed E-state index contributed by atoms with van der Waals surface area (Å²) in [5.41, 5.74) is 3.47. The molecule has 24 heavy (non-hydrogen) atoms. The first-order valence-electron chi connectivity index (χ1n) is 9.01. The fourth-order valence-corrected chi connectivity index (χ4v) is 3.56. The first-order chi connectivity index (χ1) is 11.7. The van der Waals surface area contributed by atoms with E-state index in [2.05, 4.69) is 17.4 Å². The minimum absolute atomic E-state index is 0.00189. The number of benzene rings is 1. The summed E-state index contributed by atoms with van der Waals surface area (Å²) >= 11 is 0. The monoisotopic (exact) mass is 330 g/mol. The topological polar surface area (TPSA) is 58.6 Å². The average molecular weight is 330 g/mol. The molecule has 1 aromatic carbocycles. The van der Waals surface area contributed by atoms with Gasteiger partial charge in [-0.05, 0) is 68.7 Å². The summed E-state index contributed by atoms with van der Waals surface area (Å²) in [7, 11) is 0. The van der Waals surface area contributed by atoms with Crippen LogP contribution in [0.3, 0.4) is 0 Å². The van der Waals surface area contributed by atoms with Gasteiger partial charge in [0, 0.05) is 24.7 Å². The molecule has 1 aromatic rings. The number of carbonyl (C=O) groups is 2. The zero-order valence-corrected chi connectivity index (χ0v) is 14.3. The Kier molecular flexibility index (Phi) is 5.38. The van der Waals surface area contributed by atoms with Crippen LogP contribution in [0.5, 0.6) is 0 Å². The number of nitrogens with one attached hydrogen (secondary N) is 1. The van der Waals surface area contributed by atoms with E-state index in [1.807, 2.05) is 13.0 Å². The molecular weight excluding hydrogens is 304 g/mol. The highest BCUT2D eigenvalue weighted by molar-refractivity contribution is 5.94. The van der Waals surface area contributed by atoms with Crippen LogP contribution in [0, 0.1) is 0 Å². The number of hydrogen-bond donors (Lipinski definition) is 1. The number of carbonyl (C=O) groups excluding carboxylic acids is 2. The van der Waals surface area contributed by atoms with Crippen molar-refractivity contribution >= 4 is 12.0 Å². The molecule has 0 atom stereocenters. The highest BCUT2D eigenvalue weighted by atomic mass is 16.6. The van der Waals surface area contributed by atoms with E-state index < -0.39 is 0 Å². The SMILES string of the molecule is CCOC(=O)N1CCC(NC(=O)c2ccc3c(c2)CCCC3)CC1. The van der Waals surface area contributed by atoms with Gasteiger partial charge in [0.25, 0.3) is 5.91 Å². The Morgan fingerprint density at radius 2 is 1.88 bits per heavy atom. The molecule has 0 radical (unpaired) electrons. The van der Waals surface area contributed by atoms with Crippen LogP contribution in [0.1, 0.15) is 54.1 Å². The number of rotatable bonds is 3. The molecule has 5 nitrogen and oxygen atoms in total. The van der Waals surface area contributed by atoms with Gasteiger partial charge in [-0.25, -0.2) is 4.79 Å². The van der Waals surface area contributed by atoms with E-state index in [-0.39, 0.29) is 18.0 Å². The molecule has 3 rings (SSSR count). The lowest BCUT2D eigenvalue weighted by molar-refractivity contribution is 0.0860. The van der Waals surface area contributed by atoms with Gasteiger partial charge in [0.2, 0.25) is 0 Å². The number of likely N-dealkylation sites (tertiary alicyclic amines) is 1. The van der Waals surface area contributed by atoms with E-state index in [1.165, 1.54) is 24.0 Å². The summed E-state index contributed by atoms with van der Waals surface area (Å²) in [6, 6.07) is 6.22. The van der Waals surface area contributed by atoms with E-state index in [0.29, 0.717) is 19.7 Å². The first-order valence-corrected chi connectivity index (χ1v) is 9.01. The van der Waals surface area contributed by atoms with Gasteiger partial charge in [0.05, 0.1) is 6.61 Å². The van der Waals surface area contributed by atoms with Gasteiger partial charge in [0.1, 0.15) is 0 Å². The highest BCUT2D eigenvalue weighted by Crippen LogP contribution is 2.22. The van der Waals surface area contributed by atoms with Crippen LogP contribution in [0.15, 0.2) is 18.2 Å². The molecule has 2 amide bonds. The standard InChI is InChI=1S/C19H26N2O3/c1-2-24-19(23)21-11-9-17(10-12-21)20-18(22)16-8-7-14-5-3-4-6-15(14)13-16/h7-8,13,17H,2-6,9-12H2,1H3,(H,20,22). The van der Waals surface area contributed by atoms with Crippen molar-refractivity contribution in [2.45, 2.75) is 51.5 Å². The predicted molar refractivity (Wildman–Crippen MR) is 92.2 cm³/mol. The molecule has 1 heterocycles. The summed E-state index contributed by atoms with van der Waals surface area (Å²) in [4.78, 5) is 25.9. The highest BCUT2D eigenvalue weighted by Gasteiger charge is 2.25. The normalized spacial score (nSPS) is 18.0. The van der Waals surface area contributed by atoms with Gasteiger partial charge >= 0.3 is 6.09 Å². The average Bonchev–Trinajstić information content (AvgIpc) is 2.62. The number of aryl methyl sites for hydroxylation is 2. The summed E-state index contributed by atoms with van der Waals surface area (Å²) in [6.45, 7) is 3.47. The molecule has 5 heteroatoms. The van der Waals surface area contributed by atoms with Crippen molar-refractivity contribution in [2.75, 3.05) is 19.7 Å². The van der Waals surface area contributed by atoms with Crippen molar-refractivity contribution < 1.29 is 14.3 Å². The molecule has 0 saturated carbocycles. The minimum atomic E-state index is -0.253. The molecule has 0 bridgehead atoms. The molecule has 0 unspecified atom stereocenters. The number of hydrogen-bond acceptors (Lipinski definition) is 3. The second-order valence-corrected chi connectivity index (χ2v) is 6.62. The van der Waals surface area contributed by atoms with Crippen molar-refractivity contribution in [3.63, 3.8) is 0 Å². The fourth-order valence-electron chi connectivity index (χ4n) is 3.56. The van der Waals surface area contributed by atoms with Crippen LogP contribution in [0.25, 0.3) is 0 Å². The number of nitrogens with zero attached hydrogens (tertiary/aromatic N) is 1. The summed E-state index contributed by atoms with van der Waals surface area (Å²) < 4.78 is 5.02. The Morgan fingerprint density at radius 3 is 2.58 bits per heavy atom. The van der Waals surface area contributed by atoms with E-state index in [4.69, 9.17) is 4.74 Å². The van der Waals surface area contributed by atoms with Gasteiger partial charge < -0.3 is 15.0 Å². The quantitative estimate of drug-likeness (QED) is 0.927. The largest absolute Gasteiger partial charge is 0.450 e. The molecule has 2 aliphatic rings. The molecule has 1 N–H and O–H groups in total. The van der Waals surface area contributed by atoms with Crippen molar-refractivity contribution in [2.24, 2.45) is 0 Å². The van der Waals surface area contributed by atoms with E-state index in [9.17, 15) is 9.59 Å². The Bertz CT molecular complexity index is 607. The van der Waals surface area contributed by atoms with Crippen LogP contribution in [-0.4, -0.2) is 42.6 Å². The predicted octanol–water partition coefficient (Wildman–Crippen LogP) is 2.92. The van der Waals surface area contributed by atoms with Crippen molar-refractivity contribution in [1.29, 1.82) is 0 Å². The lowest BCUT2D eigenvalue weighted by Crippen LogP contribution is -2.46. The third-order valence-electron chi connectivity index (χ3n) is 4.97. The number of amides is 2.